The lowest BCUT2D eigenvalue weighted by Crippen LogP contribution is -2.25. The molecule has 0 bridgehead atoms. The molecule has 6 nitrogen and oxygen atoms in total. The van der Waals surface area contributed by atoms with Gasteiger partial charge in [-0.1, -0.05) is 18.2 Å². The van der Waals surface area contributed by atoms with Crippen molar-refractivity contribution in [1.29, 1.82) is 5.26 Å². The number of hydrogen-bond acceptors (Lipinski definition) is 5. The van der Waals surface area contributed by atoms with Gasteiger partial charge in [-0.25, -0.2) is 4.79 Å². The Bertz CT molecular complexity index is 1040. The molecule has 0 amide bonds. The maximum absolute atomic E-state index is 12.8. The Kier molecular flexibility index (Phi) is 4.72. The zero-order valence-electron chi connectivity index (χ0n) is 14.3. The van der Waals surface area contributed by atoms with Gasteiger partial charge in [0.15, 0.2) is 6.10 Å². The van der Waals surface area contributed by atoms with Gasteiger partial charge in [0.05, 0.1) is 6.26 Å². The van der Waals surface area contributed by atoms with Crippen LogP contribution in [0, 0.1) is 18.3 Å². The average Bonchev–Trinajstić information content (AvgIpc) is 3.25. The summed E-state index contributed by atoms with van der Waals surface area (Å²) in [6.07, 6.45) is 1.67. The van der Waals surface area contributed by atoms with Crippen molar-refractivity contribution in [3.63, 3.8) is 0 Å². The molecule has 0 spiro atoms. The molecule has 3 rings (SSSR count). The minimum atomic E-state index is -1.03. The summed E-state index contributed by atoms with van der Waals surface area (Å²) < 4.78 is 10.3. The molecule has 2 aromatic heterocycles. The van der Waals surface area contributed by atoms with Gasteiger partial charge >= 0.3 is 5.97 Å². The highest BCUT2D eigenvalue weighted by molar-refractivity contribution is 6.12. The highest BCUT2D eigenvalue weighted by atomic mass is 16.5. The monoisotopic (exact) mass is 348 g/mol. The Morgan fingerprint density at radius 1 is 1.27 bits per heavy atom. The predicted molar refractivity (Wildman–Crippen MR) is 95.2 cm³/mol. The van der Waals surface area contributed by atoms with Crippen LogP contribution in [0.15, 0.2) is 52.7 Å². The van der Waals surface area contributed by atoms with Gasteiger partial charge in [-0.2, -0.15) is 5.26 Å². The minimum absolute atomic E-state index is 0.241. The van der Waals surface area contributed by atoms with Gasteiger partial charge in [0.2, 0.25) is 5.78 Å². The third kappa shape index (κ3) is 3.28. The van der Waals surface area contributed by atoms with Crippen LogP contribution in [0.25, 0.3) is 17.0 Å². The molecule has 1 N–H and O–H groups in total. The summed E-state index contributed by atoms with van der Waals surface area (Å²) in [5, 5.41) is 9.93. The van der Waals surface area contributed by atoms with Gasteiger partial charge in [0, 0.05) is 28.2 Å². The largest absolute Gasteiger partial charge is 0.465 e. The fourth-order valence-electron chi connectivity index (χ4n) is 2.73. The third-order valence-corrected chi connectivity index (χ3v) is 3.96. The second-order valence-corrected chi connectivity index (χ2v) is 5.77. The minimum Gasteiger partial charge on any atom is -0.465 e. The highest BCUT2D eigenvalue weighted by Gasteiger charge is 2.25. The van der Waals surface area contributed by atoms with Gasteiger partial charge in [0.25, 0.3) is 0 Å². The molecule has 3 aromatic rings. The van der Waals surface area contributed by atoms with Crippen LogP contribution in [0.4, 0.5) is 0 Å². The standard InChI is InChI=1S/C20H16N2O4/c1-12-18(16-7-3-4-8-17(16)22-12)19(23)13(2)26-20(24)14(11-21)10-15-6-5-9-25-15/h3-10,13,22H,1-2H3/b14-10+/t13-/m0/s1. The topological polar surface area (TPSA) is 96.1 Å². The molecule has 0 radical (unpaired) electrons. The number of H-pyrrole nitrogens is 1. The predicted octanol–water partition coefficient (Wildman–Crippen LogP) is 3.79. The third-order valence-electron chi connectivity index (χ3n) is 3.96. The number of esters is 1. The zero-order chi connectivity index (χ0) is 18.7. The molecule has 1 atom stereocenters. The quantitative estimate of drug-likeness (QED) is 0.327. The molecule has 0 saturated heterocycles. The first-order valence-corrected chi connectivity index (χ1v) is 7.99. The number of fused-ring (bicyclic) bond motifs is 1. The van der Waals surface area contributed by atoms with E-state index in [0.717, 1.165) is 10.9 Å². The Hall–Kier alpha value is -3.59. The number of nitrogens with one attached hydrogen (secondary N) is 1. The van der Waals surface area contributed by atoms with Gasteiger partial charge in [-0.05, 0) is 32.0 Å². The van der Waals surface area contributed by atoms with Crippen LogP contribution >= 0.6 is 0 Å². The number of aryl methyl sites for hydroxylation is 1. The maximum atomic E-state index is 12.8. The van der Waals surface area contributed by atoms with Crippen LogP contribution in [0.5, 0.6) is 0 Å². The summed E-state index contributed by atoms with van der Waals surface area (Å²) >= 11 is 0. The summed E-state index contributed by atoms with van der Waals surface area (Å²) in [5.74, 6) is -0.851. The Morgan fingerprint density at radius 2 is 2.04 bits per heavy atom. The van der Waals surface area contributed by atoms with E-state index < -0.39 is 12.1 Å². The Labute approximate surface area is 149 Å². The zero-order valence-corrected chi connectivity index (χ0v) is 14.3. The van der Waals surface area contributed by atoms with E-state index in [1.807, 2.05) is 24.3 Å². The fourth-order valence-corrected chi connectivity index (χ4v) is 2.73. The van der Waals surface area contributed by atoms with E-state index in [4.69, 9.17) is 14.4 Å². The first kappa shape index (κ1) is 17.2. The number of furan rings is 1. The number of carbonyl (C=O) groups is 2. The molecule has 2 heterocycles. The number of Topliss-reactive ketones (excluding diaryl/α,β-unsaturated/α-hetero) is 1. The molecular formula is C20H16N2O4. The number of para-hydroxylation sites is 1. The summed E-state index contributed by atoms with van der Waals surface area (Å²) in [6.45, 7) is 3.28. The number of ether oxygens (including phenoxy) is 1. The highest BCUT2D eigenvalue weighted by Crippen LogP contribution is 2.24. The summed E-state index contributed by atoms with van der Waals surface area (Å²) in [4.78, 5) is 28.1. The Morgan fingerprint density at radius 3 is 2.73 bits per heavy atom. The summed E-state index contributed by atoms with van der Waals surface area (Å²) in [6, 6.07) is 12.4. The molecule has 0 aliphatic heterocycles. The maximum Gasteiger partial charge on any atom is 0.349 e. The van der Waals surface area contributed by atoms with Crippen LogP contribution in [0.3, 0.4) is 0 Å². The number of nitrogens with zero attached hydrogens (tertiary/aromatic N) is 1. The van der Waals surface area contributed by atoms with E-state index >= 15 is 0 Å². The lowest BCUT2D eigenvalue weighted by molar-refractivity contribution is -0.141. The van der Waals surface area contributed by atoms with Crippen molar-refractivity contribution in [2.24, 2.45) is 0 Å². The number of ketones is 1. The van der Waals surface area contributed by atoms with Crippen molar-refractivity contribution < 1.29 is 18.7 Å². The van der Waals surface area contributed by atoms with Gasteiger partial charge in [-0.15, -0.1) is 0 Å². The Balaban J connectivity index is 1.82. The van der Waals surface area contributed by atoms with E-state index in [9.17, 15) is 9.59 Å². The number of hydrogen-bond donors (Lipinski definition) is 1. The van der Waals surface area contributed by atoms with E-state index in [1.54, 1.807) is 25.1 Å². The van der Waals surface area contributed by atoms with Crippen molar-refractivity contribution in [3.8, 4) is 6.07 Å². The normalized spacial score (nSPS) is 12.6. The SMILES string of the molecule is Cc1[nH]c2ccccc2c1C(=O)[C@H](C)OC(=O)/C(C#N)=C/c1ccco1. The molecule has 130 valence electrons. The average molecular weight is 348 g/mol. The number of rotatable bonds is 5. The lowest BCUT2D eigenvalue weighted by atomic mass is 10.0. The van der Waals surface area contributed by atoms with Crippen molar-refractivity contribution in [2.45, 2.75) is 20.0 Å². The molecule has 0 fully saturated rings. The van der Waals surface area contributed by atoms with Crippen LogP contribution in [-0.2, 0) is 9.53 Å². The van der Waals surface area contributed by atoms with Crippen LogP contribution in [0.1, 0.15) is 28.7 Å². The van der Waals surface area contributed by atoms with Crippen LogP contribution < -0.4 is 0 Å². The number of nitriles is 1. The molecule has 26 heavy (non-hydrogen) atoms. The summed E-state index contributed by atoms with van der Waals surface area (Å²) in [5.41, 5.74) is 1.78. The van der Waals surface area contributed by atoms with Gasteiger partial charge < -0.3 is 14.1 Å². The van der Waals surface area contributed by atoms with Crippen LogP contribution in [0.2, 0.25) is 0 Å². The second kappa shape index (κ2) is 7.11. The van der Waals surface area contributed by atoms with E-state index in [2.05, 4.69) is 4.98 Å². The number of carbonyl (C=O) groups excluding carboxylic acids is 2. The van der Waals surface area contributed by atoms with E-state index in [-0.39, 0.29) is 11.4 Å². The summed E-state index contributed by atoms with van der Waals surface area (Å²) in [7, 11) is 0. The number of benzene rings is 1. The van der Waals surface area contributed by atoms with Crippen molar-refractivity contribution in [2.75, 3.05) is 0 Å². The lowest BCUT2D eigenvalue weighted by Gasteiger charge is -2.12. The molecule has 0 saturated carbocycles. The molecular weight excluding hydrogens is 332 g/mol. The van der Waals surface area contributed by atoms with Gasteiger partial charge in [-0.3, -0.25) is 4.79 Å². The molecule has 1 aromatic carbocycles. The van der Waals surface area contributed by atoms with Crippen molar-refractivity contribution >= 4 is 28.7 Å². The first-order chi connectivity index (χ1) is 12.5. The van der Waals surface area contributed by atoms with E-state index in [1.165, 1.54) is 19.3 Å². The molecule has 0 aliphatic carbocycles. The number of aromatic nitrogens is 1. The fraction of sp³-hybridized carbons (Fsp3) is 0.150. The van der Waals surface area contributed by atoms with Crippen LogP contribution in [-0.4, -0.2) is 22.8 Å². The number of aromatic amines is 1. The molecule has 0 aliphatic rings. The first-order valence-electron chi connectivity index (χ1n) is 7.99. The molecule has 0 unspecified atom stereocenters. The smallest absolute Gasteiger partial charge is 0.349 e. The molecule has 6 heteroatoms. The van der Waals surface area contributed by atoms with Crippen molar-refractivity contribution in [3.05, 3.63) is 65.3 Å². The van der Waals surface area contributed by atoms with Crippen molar-refractivity contribution in [1.82, 2.24) is 4.98 Å². The van der Waals surface area contributed by atoms with Gasteiger partial charge in [0.1, 0.15) is 17.4 Å². The second-order valence-electron chi connectivity index (χ2n) is 5.77. The van der Waals surface area contributed by atoms with E-state index in [0.29, 0.717) is 17.0 Å².